The van der Waals surface area contributed by atoms with Crippen molar-refractivity contribution in [2.45, 2.75) is 11.3 Å². The molecule has 0 aromatic heterocycles. The van der Waals surface area contributed by atoms with E-state index in [1.807, 2.05) is 0 Å². The maximum absolute atomic E-state index is 12.8. The van der Waals surface area contributed by atoms with Gasteiger partial charge in [0.1, 0.15) is 5.75 Å². The minimum atomic E-state index is -4.20. The molecule has 2 amide bonds. The third-order valence-electron chi connectivity index (χ3n) is 4.77. The first kappa shape index (κ1) is 24.6. The summed E-state index contributed by atoms with van der Waals surface area (Å²) in [4.78, 5) is 24.4. The molecule has 0 radical (unpaired) electrons. The van der Waals surface area contributed by atoms with Crippen LogP contribution in [0.4, 0.5) is 5.69 Å². The number of benzene rings is 3. The number of para-hydroxylation sites is 1. The molecule has 0 unspecified atom stereocenters. The fraction of sp³-hybridized carbons (Fsp3) is 0.130. The number of sulfonamides is 1. The number of amides is 2. The van der Waals surface area contributed by atoms with E-state index in [1.165, 1.54) is 54.6 Å². The quantitative estimate of drug-likeness (QED) is 0.198. The smallest absolute Gasteiger partial charge is 0.252 e. The lowest BCUT2D eigenvalue weighted by molar-refractivity contribution is -0.115. The normalized spacial score (nSPS) is 11.1. The first-order valence-electron chi connectivity index (χ1n) is 10.1. The number of nitrogens with one attached hydrogen (secondary N) is 3. The Kier molecular flexibility index (Phi) is 7.71. The van der Waals surface area contributed by atoms with Gasteiger partial charge in [-0.3, -0.25) is 9.59 Å². The summed E-state index contributed by atoms with van der Waals surface area (Å²) < 4.78 is 27.7. The molecular formula is C23H23N3O7S. The molecule has 0 fully saturated rings. The van der Waals surface area contributed by atoms with Crippen molar-refractivity contribution >= 4 is 27.5 Å². The lowest BCUT2D eigenvalue weighted by atomic mass is 10.1. The van der Waals surface area contributed by atoms with Crippen LogP contribution in [0.2, 0.25) is 0 Å². The molecule has 0 spiro atoms. The molecule has 10 nitrogen and oxygen atoms in total. The second kappa shape index (κ2) is 10.7. The predicted molar refractivity (Wildman–Crippen MR) is 124 cm³/mol. The van der Waals surface area contributed by atoms with Crippen molar-refractivity contribution in [3.8, 4) is 17.2 Å². The van der Waals surface area contributed by atoms with E-state index in [0.717, 1.165) is 0 Å². The Hall–Kier alpha value is -4.09. The minimum Gasteiger partial charge on any atom is -0.508 e. The fourth-order valence-corrected chi connectivity index (χ4v) is 4.25. The number of phenols is 3. The van der Waals surface area contributed by atoms with Gasteiger partial charge in [-0.2, -0.15) is 0 Å². The molecule has 6 N–H and O–H groups in total. The fourth-order valence-electron chi connectivity index (χ4n) is 3.06. The van der Waals surface area contributed by atoms with E-state index in [2.05, 4.69) is 15.4 Å². The van der Waals surface area contributed by atoms with Crippen molar-refractivity contribution in [2.75, 3.05) is 18.4 Å². The summed E-state index contributed by atoms with van der Waals surface area (Å²) in [6, 6.07) is 15.7. The molecule has 34 heavy (non-hydrogen) atoms. The largest absolute Gasteiger partial charge is 0.508 e. The van der Waals surface area contributed by atoms with Gasteiger partial charge in [-0.25, -0.2) is 13.1 Å². The SMILES string of the molecule is O=C(CNS(=O)(=O)c1ccccc1C(=O)NCCc1cccc(O)c1O)Nc1ccc(O)cc1. The average molecular weight is 486 g/mol. The van der Waals surface area contributed by atoms with Crippen molar-refractivity contribution in [2.24, 2.45) is 0 Å². The molecule has 0 saturated heterocycles. The highest BCUT2D eigenvalue weighted by Gasteiger charge is 2.22. The molecule has 0 aliphatic rings. The first-order chi connectivity index (χ1) is 16.2. The molecule has 0 heterocycles. The monoisotopic (exact) mass is 485 g/mol. The van der Waals surface area contributed by atoms with Crippen molar-refractivity contribution in [3.05, 3.63) is 77.9 Å². The van der Waals surface area contributed by atoms with Crippen LogP contribution in [0, 0.1) is 0 Å². The van der Waals surface area contributed by atoms with Gasteiger partial charge in [0.2, 0.25) is 15.9 Å². The number of phenolic OH excluding ortho intramolecular Hbond substituents is 3. The van der Waals surface area contributed by atoms with Gasteiger partial charge in [0, 0.05) is 12.2 Å². The van der Waals surface area contributed by atoms with Crippen LogP contribution >= 0.6 is 0 Å². The Morgan fingerprint density at radius 2 is 1.56 bits per heavy atom. The maximum Gasteiger partial charge on any atom is 0.252 e. The second-order valence-electron chi connectivity index (χ2n) is 7.21. The van der Waals surface area contributed by atoms with Crippen molar-refractivity contribution in [1.82, 2.24) is 10.0 Å². The number of carbonyl (C=O) groups excluding carboxylic acids is 2. The Bertz CT molecular complexity index is 1290. The maximum atomic E-state index is 12.8. The molecule has 178 valence electrons. The van der Waals surface area contributed by atoms with Crippen LogP contribution in [0.5, 0.6) is 17.2 Å². The van der Waals surface area contributed by atoms with E-state index >= 15 is 0 Å². The summed E-state index contributed by atoms with van der Waals surface area (Å²) >= 11 is 0. The number of hydrogen-bond donors (Lipinski definition) is 6. The molecule has 0 saturated carbocycles. The van der Waals surface area contributed by atoms with Crippen LogP contribution in [0.1, 0.15) is 15.9 Å². The van der Waals surface area contributed by atoms with Crippen LogP contribution in [-0.2, 0) is 21.2 Å². The van der Waals surface area contributed by atoms with E-state index in [9.17, 15) is 33.3 Å². The van der Waals surface area contributed by atoms with Gasteiger partial charge in [-0.15, -0.1) is 0 Å². The minimum absolute atomic E-state index is 0.0207. The summed E-state index contributed by atoms with van der Waals surface area (Å²) in [6.07, 6.45) is 0.205. The number of aromatic hydroxyl groups is 3. The summed E-state index contributed by atoms with van der Waals surface area (Å²) in [5.74, 6) is -1.83. The molecule has 3 rings (SSSR count). The van der Waals surface area contributed by atoms with Gasteiger partial charge >= 0.3 is 0 Å². The molecule has 0 atom stereocenters. The lowest BCUT2D eigenvalue weighted by Crippen LogP contribution is -2.34. The van der Waals surface area contributed by atoms with E-state index in [4.69, 9.17) is 0 Å². The Morgan fingerprint density at radius 1 is 0.853 bits per heavy atom. The van der Waals surface area contributed by atoms with Gasteiger partial charge in [-0.05, 0) is 54.4 Å². The zero-order chi connectivity index (χ0) is 24.7. The summed E-state index contributed by atoms with van der Waals surface area (Å²) in [6.45, 7) is -0.497. The number of hydrogen-bond acceptors (Lipinski definition) is 7. The highest BCUT2D eigenvalue weighted by atomic mass is 32.2. The van der Waals surface area contributed by atoms with Gasteiger partial charge in [0.15, 0.2) is 11.5 Å². The molecule has 11 heteroatoms. The van der Waals surface area contributed by atoms with Crippen molar-refractivity contribution < 1.29 is 33.3 Å². The summed E-state index contributed by atoms with van der Waals surface area (Å²) in [5, 5.41) is 33.7. The molecule has 0 aliphatic carbocycles. The molecule has 0 aliphatic heterocycles. The van der Waals surface area contributed by atoms with Crippen LogP contribution < -0.4 is 15.4 Å². The van der Waals surface area contributed by atoms with Crippen LogP contribution in [-0.4, -0.2) is 48.6 Å². The summed E-state index contributed by atoms with van der Waals surface area (Å²) in [7, 11) is -4.20. The van der Waals surface area contributed by atoms with Crippen LogP contribution in [0.15, 0.2) is 71.6 Å². The van der Waals surface area contributed by atoms with E-state index in [1.54, 1.807) is 12.1 Å². The van der Waals surface area contributed by atoms with Crippen molar-refractivity contribution in [1.29, 1.82) is 0 Å². The van der Waals surface area contributed by atoms with Crippen molar-refractivity contribution in [3.63, 3.8) is 0 Å². The zero-order valence-electron chi connectivity index (χ0n) is 17.9. The van der Waals surface area contributed by atoms with Gasteiger partial charge in [-0.1, -0.05) is 24.3 Å². The van der Waals surface area contributed by atoms with E-state index in [0.29, 0.717) is 11.3 Å². The first-order valence-corrected chi connectivity index (χ1v) is 11.6. The van der Waals surface area contributed by atoms with Gasteiger partial charge in [0.25, 0.3) is 5.91 Å². The number of anilines is 1. The highest BCUT2D eigenvalue weighted by Crippen LogP contribution is 2.28. The van der Waals surface area contributed by atoms with Crippen LogP contribution in [0.25, 0.3) is 0 Å². The second-order valence-corrected chi connectivity index (χ2v) is 8.94. The van der Waals surface area contributed by atoms with E-state index < -0.39 is 28.4 Å². The molecular weight excluding hydrogens is 462 g/mol. The Morgan fingerprint density at radius 3 is 2.29 bits per heavy atom. The van der Waals surface area contributed by atoms with E-state index in [-0.39, 0.29) is 40.7 Å². The highest BCUT2D eigenvalue weighted by molar-refractivity contribution is 7.89. The van der Waals surface area contributed by atoms with Gasteiger partial charge < -0.3 is 26.0 Å². The molecule has 3 aromatic carbocycles. The lowest BCUT2D eigenvalue weighted by Gasteiger charge is -2.12. The Balaban J connectivity index is 1.63. The van der Waals surface area contributed by atoms with Crippen LogP contribution in [0.3, 0.4) is 0 Å². The summed E-state index contributed by atoms with van der Waals surface area (Å²) in [5.41, 5.74) is 0.677. The zero-order valence-corrected chi connectivity index (χ0v) is 18.7. The number of rotatable bonds is 9. The third kappa shape index (κ3) is 6.24. The average Bonchev–Trinajstić information content (AvgIpc) is 2.82. The third-order valence-corrected chi connectivity index (χ3v) is 6.23. The Labute approximate surface area is 195 Å². The molecule has 3 aromatic rings. The standard InChI is InChI=1S/C23H23N3O7S/c27-17-10-8-16(9-11-17)26-21(29)14-25-34(32,33)20-7-2-1-5-18(20)23(31)24-13-12-15-4-3-6-19(28)22(15)30/h1-11,25,27-28,30H,12-14H2,(H,24,31)(H,26,29). The predicted octanol–water partition coefficient (Wildman–Crippen LogP) is 1.69. The molecule has 0 bridgehead atoms. The topological polar surface area (TPSA) is 165 Å². The van der Waals surface area contributed by atoms with Gasteiger partial charge in [0.05, 0.1) is 17.0 Å². The number of carbonyl (C=O) groups is 2.